The van der Waals surface area contributed by atoms with Crippen molar-refractivity contribution >= 4 is 6.09 Å². The standard InChI is InChI=1S/C16H21FN2O4/c1-21-13-7-11(12(17)8-14(13)22-2)9-19-10-16(23-15(19)20)3-5-18-6-4-16/h7-8,18H,3-6,9-10H2,1-2H3. The molecule has 0 aliphatic carbocycles. The fraction of sp³-hybridized carbons (Fsp3) is 0.562. The minimum atomic E-state index is -0.435. The van der Waals surface area contributed by atoms with Gasteiger partial charge in [0.25, 0.3) is 0 Å². The first-order valence-corrected chi connectivity index (χ1v) is 7.66. The van der Waals surface area contributed by atoms with Crippen LogP contribution in [-0.2, 0) is 11.3 Å². The highest BCUT2D eigenvalue weighted by Crippen LogP contribution is 2.34. The van der Waals surface area contributed by atoms with E-state index >= 15 is 0 Å². The number of hydrogen-bond donors (Lipinski definition) is 1. The highest BCUT2D eigenvalue weighted by atomic mass is 19.1. The Kier molecular flexibility index (Phi) is 4.30. The number of methoxy groups -OCH3 is 2. The summed E-state index contributed by atoms with van der Waals surface area (Å²) in [6, 6.07) is 2.84. The van der Waals surface area contributed by atoms with Gasteiger partial charge in [0, 0.05) is 24.5 Å². The molecule has 2 fully saturated rings. The van der Waals surface area contributed by atoms with Crippen LogP contribution >= 0.6 is 0 Å². The number of halogens is 1. The molecule has 126 valence electrons. The fourth-order valence-corrected chi connectivity index (χ4v) is 3.18. The van der Waals surface area contributed by atoms with Crippen LogP contribution in [-0.4, -0.2) is 50.4 Å². The van der Waals surface area contributed by atoms with E-state index < -0.39 is 11.4 Å². The van der Waals surface area contributed by atoms with Gasteiger partial charge >= 0.3 is 6.09 Å². The van der Waals surface area contributed by atoms with Crippen molar-refractivity contribution in [2.45, 2.75) is 25.0 Å². The van der Waals surface area contributed by atoms with E-state index in [1.807, 2.05) is 0 Å². The van der Waals surface area contributed by atoms with Crippen molar-refractivity contribution in [3.05, 3.63) is 23.5 Å². The number of piperidine rings is 1. The molecule has 7 heteroatoms. The Morgan fingerprint density at radius 2 is 1.91 bits per heavy atom. The Morgan fingerprint density at radius 3 is 2.57 bits per heavy atom. The Balaban J connectivity index is 1.78. The Morgan fingerprint density at radius 1 is 1.26 bits per heavy atom. The molecule has 0 saturated carbocycles. The molecule has 2 aliphatic heterocycles. The van der Waals surface area contributed by atoms with Gasteiger partial charge in [0.2, 0.25) is 0 Å². The highest BCUT2D eigenvalue weighted by molar-refractivity contribution is 5.71. The van der Waals surface area contributed by atoms with Crippen molar-refractivity contribution in [3.8, 4) is 11.5 Å². The van der Waals surface area contributed by atoms with Crippen LogP contribution in [0.2, 0.25) is 0 Å². The molecule has 1 aromatic rings. The second-order valence-electron chi connectivity index (χ2n) is 5.96. The lowest BCUT2D eigenvalue weighted by atomic mass is 9.92. The quantitative estimate of drug-likeness (QED) is 0.917. The van der Waals surface area contributed by atoms with Crippen molar-refractivity contribution in [1.82, 2.24) is 10.2 Å². The summed E-state index contributed by atoms with van der Waals surface area (Å²) in [5.41, 5.74) is -0.0550. The largest absolute Gasteiger partial charge is 0.493 e. The molecule has 1 aromatic carbocycles. The second-order valence-corrected chi connectivity index (χ2v) is 5.96. The number of rotatable bonds is 4. The average Bonchev–Trinajstić information content (AvgIpc) is 2.84. The summed E-state index contributed by atoms with van der Waals surface area (Å²) in [7, 11) is 2.95. The van der Waals surface area contributed by atoms with Crippen LogP contribution in [0, 0.1) is 5.82 Å². The molecule has 3 rings (SSSR count). The molecule has 1 amide bonds. The number of hydrogen-bond acceptors (Lipinski definition) is 5. The van der Waals surface area contributed by atoms with Crippen molar-refractivity contribution in [2.24, 2.45) is 0 Å². The Bertz CT molecular complexity index is 602. The predicted molar refractivity (Wildman–Crippen MR) is 81.2 cm³/mol. The third-order valence-electron chi connectivity index (χ3n) is 4.47. The first kappa shape index (κ1) is 15.9. The van der Waals surface area contributed by atoms with E-state index in [-0.39, 0.29) is 12.6 Å². The Labute approximate surface area is 134 Å². The lowest BCUT2D eigenvalue weighted by molar-refractivity contribution is 0.0316. The summed E-state index contributed by atoms with van der Waals surface area (Å²) < 4.78 is 30.1. The molecule has 0 bridgehead atoms. The van der Waals surface area contributed by atoms with E-state index in [9.17, 15) is 9.18 Å². The minimum absolute atomic E-state index is 0.153. The molecule has 0 unspecified atom stereocenters. The van der Waals surface area contributed by atoms with Crippen molar-refractivity contribution in [2.75, 3.05) is 33.9 Å². The monoisotopic (exact) mass is 324 g/mol. The molecule has 1 N–H and O–H groups in total. The molecule has 0 atom stereocenters. The molecule has 6 nitrogen and oxygen atoms in total. The van der Waals surface area contributed by atoms with Gasteiger partial charge in [0.1, 0.15) is 11.4 Å². The zero-order valence-electron chi connectivity index (χ0n) is 13.4. The summed E-state index contributed by atoms with van der Waals surface area (Å²) in [6.07, 6.45) is 1.17. The van der Waals surface area contributed by atoms with Crippen LogP contribution in [0.15, 0.2) is 12.1 Å². The lowest BCUT2D eigenvalue weighted by Crippen LogP contribution is -2.44. The maximum atomic E-state index is 14.2. The molecule has 1 spiro atoms. The zero-order chi connectivity index (χ0) is 16.4. The molecule has 0 aromatic heterocycles. The first-order chi connectivity index (χ1) is 11.1. The number of carbonyl (C=O) groups is 1. The highest BCUT2D eigenvalue weighted by Gasteiger charge is 2.45. The third-order valence-corrected chi connectivity index (χ3v) is 4.47. The van der Waals surface area contributed by atoms with Gasteiger partial charge in [-0.25, -0.2) is 9.18 Å². The normalized spacial score (nSPS) is 19.8. The second kappa shape index (κ2) is 6.23. The smallest absolute Gasteiger partial charge is 0.410 e. The topological polar surface area (TPSA) is 60.0 Å². The molecule has 0 radical (unpaired) electrons. The molecular formula is C16H21FN2O4. The molecule has 2 saturated heterocycles. The number of carbonyl (C=O) groups excluding carboxylic acids is 1. The first-order valence-electron chi connectivity index (χ1n) is 7.66. The maximum Gasteiger partial charge on any atom is 0.410 e. The van der Waals surface area contributed by atoms with Crippen molar-refractivity contribution in [1.29, 1.82) is 0 Å². The van der Waals surface area contributed by atoms with Gasteiger partial charge in [-0.05, 0) is 19.2 Å². The van der Waals surface area contributed by atoms with E-state index in [0.29, 0.717) is 23.6 Å². The number of benzene rings is 1. The maximum absolute atomic E-state index is 14.2. The fourth-order valence-electron chi connectivity index (χ4n) is 3.18. The lowest BCUT2D eigenvalue weighted by Gasteiger charge is -2.31. The van der Waals surface area contributed by atoms with Crippen LogP contribution in [0.4, 0.5) is 9.18 Å². The summed E-state index contributed by atoms with van der Waals surface area (Å²) in [4.78, 5) is 13.7. The predicted octanol–water partition coefficient (Wildman–Crippen LogP) is 1.92. The van der Waals surface area contributed by atoms with Crippen LogP contribution in [0.1, 0.15) is 18.4 Å². The van der Waals surface area contributed by atoms with Gasteiger partial charge in [0.15, 0.2) is 11.5 Å². The molecule has 2 aliphatic rings. The minimum Gasteiger partial charge on any atom is -0.493 e. The third kappa shape index (κ3) is 3.06. The van der Waals surface area contributed by atoms with Gasteiger partial charge in [-0.3, -0.25) is 4.90 Å². The van der Waals surface area contributed by atoms with E-state index in [0.717, 1.165) is 25.9 Å². The van der Waals surface area contributed by atoms with Gasteiger partial charge in [0.05, 0.1) is 27.3 Å². The van der Waals surface area contributed by atoms with E-state index in [1.54, 1.807) is 11.0 Å². The van der Waals surface area contributed by atoms with Gasteiger partial charge in [-0.1, -0.05) is 0 Å². The molecular weight excluding hydrogens is 303 g/mol. The van der Waals surface area contributed by atoms with Gasteiger partial charge < -0.3 is 19.5 Å². The molecule has 2 heterocycles. The van der Waals surface area contributed by atoms with Gasteiger partial charge in [-0.15, -0.1) is 0 Å². The summed E-state index contributed by atoms with van der Waals surface area (Å²) in [5.74, 6) is 0.335. The van der Waals surface area contributed by atoms with Crippen molar-refractivity contribution in [3.63, 3.8) is 0 Å². The van der Waals surface area contributed by atoms with E-state index in [4.69, 9.17) is 14.2 Å². The van der Waals surface area contributed by atoms with Crippen molar-refractivity contribution < 1.29 is 23.4 Å². The number of amides is 1. The van der Waals surface area contributed by atoms with Gasteiger partial charge in [-0.2, -0.15) is 0 Å². The van der Waals surface area contributed by atoms with E-state index in [1.165, 1.54) is 20.3 Å². The summed E-state index contributed by atoms with van der Waals surface area (Å²) in [5, 5.41) is 3.25. The number of ether oxygens (including phenoxy) is 3. The Hall–Kier alpha value is -2.02. The zero-order valence-corrected chi connectivity index (χ0v) is 13.4. The van der Waals surface area contributed by atoms with Crippen LogP contribution in [0.25, 0.3) is 0 Å². The number of nitrogens with zero attached hydrogens (tertiary/aromatic N) is 1. The van der Waals surface area contributed by atoms with Crippen LogP contribution in [0.3, 0.4) is 0 Å². The van der Waals surface area contributed by atoms with E-state index in [2.05, 4.69) is 5.32 Å². The molecule has 23 heavy (non-hydrogen) atoms. The number of nitrogens with one attached hydrogen (secondary N) is 1. The SMILES string of the molecule is COc1cc(F)c(CN2CC3(CCNCC3)OC2=O)cc1OC. The summed E-state index contributed by atoms with van der Waals surface area (Å²) in [6.45, 7) is 2.29. The average molecular weight is 324 g/mol. The summed E-state index contributed by atoms with van der Waals surface area (Å²) >= 11 is 0. The van der Waals surface area contributed by atoms with Crippen LogP contribution in [0.5, 0.6) is 11.5 Å². The van der Waals surface area contributed by atoms with Crippen LogP contribution < -0.4 is 14.8 Å².